The lowest BCUT2D eigenvalue weighted by Crippen LogP contribution is -2.06. The third-order valence-corrected chi connectivity index (χ3v) is 2.68. The molecule has 0 saturated heterocycles. The molecule has 2 rings (SSSR count). The quantitative estimate of drug-likeness (QED) is 0.782. The molecule has 0 aliphatic rings. The van der Waals surface area contributed by atoms with Crippen LogP contribution in [-0.2, 0) is 4.74 Å². The number of esters is 1. The van der Waals surface area contributed by atoms with E-state index < -0.39 is 5.97 Å². The van der Waals surface area contributed by atoms with Gasteiger partial charge in [-0.05, 0) is 25.1 Å². The predicted molar refractivity (Wildman–Crippen MR) is 71.0 cm³/mol. The van der Waals surface area contributed by atoms with Crippen LogP contribution in [0.1, 0.15) is 17.4 Å². The summed E-state index contributed by atoms with van der Waals surface area (Å²) in [5.74, 6) is 0.945. The zero-order chi connectivity index (χ0) is 14.5. The molecule has 0 fully saturated rings. The standard InChI is InChI=1S/C14H15NO5/c1-4-19-14(16)12-13(20-8-15-12)9-5-6-10(17-2)11(7-9)18-3/h5-8H,4H2,1-3H3. The number of hydrogen-bond donors (Lipinski definition) is 0. The topological polar surface area (TPSA) is 70.8 Å². The number of nitrogens with zero attached hydrogens (tertiary/aromatic N) is 1. The number of carbonyl (C=O) groups is 1. The fourth-order valence-corrected chi connectivity index (χ4v) is 1.77. The Morgan fingerprint density at radius 3 is 2.65 bits per heavy atom. The minimum absolute atomic E-state index is 0.138. The molecule has 0 unspecified atom stereocenters. The minimum atomic E-state index is -0.522. The first-order chi connectivity index (χ1) is 9.71. The molecule has 20 heavy (non-hydrogen) atoms. The van der Waals surface area contributed by atoms with E-state index in [9.17, 15) is 4.79 Å². The molecule has 0 aliphatic carbocycles. The molecule has 6 heteroatoms. The van der Waals surface area contributed by atoms with E-state index in [1.54, 1.807) is 32.2 Å². The summed E-state index contributed by atoms with van der Waals surface area (Å²) in [7, 11) is 3.09. The van der Waals surface area contributed by atoms with Crippen molar-refractivity contribution in [3.8, 4) is 22.8 Å². The van der Waals surface area contributed by atoms with Crippen molar-refractivity contribution in [2.75, 3.05) is 20.8 Å². The van der Waals surface area contributed by atoms with E-state index in [-0.39, 0.29) is 12.3 Å². The molecule has 0 bridgehead atoms. The van der Waals surface area contributed by atoms with Gasteiger partial charge in [0.15, 0.2) is 29.3 Å². The molecule has 0 aliphatic heterocycles. The van der Waals surface area contributed by atoms with E-state index >= 15 is 0 Å². The molecule has 0 saturated carbocycles. The molecule has 106 valence electrons. The van der Waals surface area contributed by atoms with E-state index in [2.05, 4.69) is 4.98 Å². The SMILES string of the molecule is CCOC(=O)c1ncoc1-c1ccc(OC)c(OC)c1. The van der Waals surface area contributed by atoms with Crippen molar-refractivity contribution in [2.45, 2.75) is 6.92 Å². The molecule has 2 aromatic rings. The molecular weight excluding hydrogens is 262 g/mol. The van der Waals surface area contributed by atoms with Crippen molar-refractivity contribution in [2.24, 2.45) is 0 Å². The molecule has 1 heterocycles. The number of oxazole rings is 1. The second-order valence-corrected chi connectivity index (χ2v) is 3.82. The highest BCUT2D eigenvalue weighted by atomic mass is 16.5. The summed E-state index contributed by atoms with van der Waals surface area (Å²) in [6.07, 6.45) is 1.21. The van der Waals surface area contributed by atoms with Crippen molar-refractivity contribution in [1.29, 1.82) is 0 Å². The summed E-state index contributed by atoms with van der Waals surface area (Å²) in [4.78, 5) is 15.7. The highest BCUT2D eigenvalue weighted by Crippen LogP contribution is 2.33. The smallest absolute Gasteiger partial charge is 0.360 e. The van der Waals surface area contributed by atoms with Crippen LogP contribution in [0.3, 0.4) is 0 Å². The minimum Gasteiger partial charge on any atom is -0.493 e. The van der Waals surface area contributed by atoms with Crippen LogP contribution < -0.4 is 9.47 Å². The number of hydrogen-bond acceptors (Lipinski definition) is 6. The van der Waals surface area contributed by atoms with E-state index in [1.807, 2.05) is 0 Å². The Hall–Kier alpha value is -2.50. The Kier molecular flexibility index (Phi) is 4.24. The monoisotopic (exact) mass is 277 g/mol. The highest BCUT2D eigenvalue weighted by Gasteiger charge is 2.20. The Morgan fingerprint density at radius 2 is 2.00 bits per heavy atom. The molecule has 1 aromatic heterocycles. The average molecular weight is 277 g/mol. The number of benzene rings is 1. The average Bonchev–Trinajstić information content (AvgIpc) is 2.96. The largest absolute Gasteiger partial charge is 0.493 e. The lowest BCUT2D eigenvalue weighted by Gasteiger charge is -2.08. The second-order valence-electron chi connectivity index (χ2n) is 3.82. The van der Waals surface area contributed by atoms with E-state index in [0.29, 0.717) is 22.8 Å². The zero-order valence-electron chi connectivity index (χ0n) is 11.5. The summed E-state index contributed by atoms with van der Waals surface area (Å²) >= 11 is 0. The maximum Gasteiger partial charge on any atom is 0.360 e. The van der Waals surface area contributed by atoms with Crippen LogP contribution >= 0.6 is 0 Å². The van der Waals surface area contributed by atoms with Gasteiger partial charge < -0.3 is 18.6 Å². The normalized spacial score (nSPS) is 10.2. The maximum atomic E-state index is 11.8. The molecule has 6 nitrogen and oxygen atoms in total. The van der Waals surface area contributed by atoms with Crippen LogP contribution in [0.4, 0.5) is 0 Å². The van der Waals surface area contributed by atoms with Gasteiger partial charge in [-0.15, -0.1) is 0 Å². The van der Waals surface area contributed by atoms with E-state index in [0.717, 1.165) is 0 Å². The Balaban J connectivity index is 2.42. The number of carbonyl (C=O) groups excluding carboxylic acids is 1. The van der Waals surface area contributed by atoms with Crippen LogP contribution in [0.5, 0.6) is 11.5 Å². The molecule has 0 N–H and O–H groups in total. The van der Waals surface area contributed by atoms with E-state index in [4.69, 9.17) is 18.6 Å². The molecule has 0 radical (unpaired) electrons. The molecule has 0 atom stereocenters. The Morgan fingerprint density at radius 1 is 1.25 bits per heavy atom. The van der Waals surface area contributed by atoms with Crippen molar-refractivity contribution in [3.63, 3.8) is 0 Å². The van der Waals surface area contributed by atoms with Gasteiger partial charge in [0.05, 0.1) is 20.8 Å². The van der Waals surface area contributed by atoms with Crippen molar-refractivity contribution in [1.82, 2.24) is 4.98 Å². The van der Waals surface area contributed by atoms with Gasteiger partial charge in [-0.2, -0.15) is 0 Å². The maximum absolute atomic E-state index is 11.8. The number of ether oxygens (including phenoxy) is 3. The fourth-order valence-electron chi connectivity index (χ4n) is 1.77. The molecule has 1 aromatic carbocycles. The summed E-state index contributed by atoms with van der Waals surface area (Å²) in [6, 6.07) is 5.19. The molecular formula is C14H15NO5. The van der Waals surface area contributed by atoms with Gasteiger partial charge in [-0.1, -0.05) is 0 Å². The lowest BCUT2D eigenvalue weighted by molar-refractivity contribution is 0.0520. The van der Waals surface area contributed by atoms with Crippen LogP contribution in [0, 0.1) is 0 Å². The Bertz CT molecular complexity index is 605. The van der Waals surface area contributed by atoms with Gasteiger partial charge in [0.2, 0.25) is 0 Å². The number of methoxy groups -OCH3 is 2. The number of aromatic nitrogens is 1. The second kappa shape index (κ2) is 6.10. The van der Waals surface area contributed by atoms with Crippen LogP contribution in [0.25, 0.3) is 11.3 Å². The van der Waals surface area contributed by atoms with Gasteiger partial charge in [-0.25, -0.2) is 9.78 Å². The van der Waals surface area contributed by atoms with Gasteiger partial charge in [-0.3, -0.25) is 0 Å². The Labute approximate surface area is 116 Å². The van der Waals surface area contributed by atoms with Gasteiger partial charge >= 0.3 is 5.97 Å². The summed E-state index contributed by atoms with van der Waals surface area (Å²) in [6.45, 7) is 2.01. The first-order valence-corrected chi connectivity index (χ1v) is 6.04. The van der Waals surface area contributed by atoms with Gasteiger partial charge in [0, 0.05) is 5.56 Å². The van der Waals surface area contributed by atoms with Crippen molar-refractivity contribution in [3.05, 3.63) is 30.3 Å². The third kappa shape index (κ3) is 2.59. The first-order valence-electron chi connectivity index (χ1n) is 6.04. The fraction of sp³-hybridized carbons (Fsp3) is 0.286. The van der Waals surface area contributed by atoms with Crippen molar-refractivity contribution < 1.29 is 23.4 Å². The molecule has 0 spiro atoms. The van der Waals surface area contributed by atoms with E-state index in [1.165, 1.54) is 13.5 Å². The highest BCUT2D eigenvalue weighted by molar-refractivity contribution is 5.93. The molecule has 0 amide bonds. The van der Waals surface area contributed by atoms with Gasteiger partial charge in [0.1, 0.15) is 0 Å². The van der Waals surface area contributed by atoms with Crippen LogP contribution in [0.15, 0.2) is 29.0 Å². The summed E-state index contributed by atoms with van der Waals surface area (Å²) in [5, 5.41) is 0. The third-order valence-electron chi connectivity index (χ3n) is 2.68. The predicted octanol–water partition coefficient (Wildman–Crippen LogP) is 2.54. The summed E-state index contributed by atoms with van der Waals surface area (Å²) in [5.41, 5.74) is 0.794. The van der Waals surface area contributed by atoms with Crippen LogP contribution in [-0.4, -0.2) is 31.8 Å². The zero-order valence-corrected chi connectivity index (χ0v) is 11.5. The van der Waals surface area contributed by atoms with Gasteiger partial charge in [0.25, 0.3) is 0 Å². The van der Waals surface area contributed by atoms with Crippen molar-refractivity contribution >= 4 is 5.97 Å². The first kappa shape index (κ1) is 13.9. The number of rotatable bonds is 5. The van der Waals surface area contributed by atoms with Crippen LogP contribution in [0.2, 0.25) is 0 Å². The summed E-state index contributed by atoms with van der Waals surface area (Å²) < 4.78 is 20.6. The lowest BCUT2D eigenvalue weighted by atomic mass is 10.1.